The molecule has 0 radical (unpaired) electrons. The minimum atomic E-state index is -0.714. The smallest absolute Gasteiger partial charge is 0.407 e. The van der Waals surface area contributed by atoms with Crippen molar-refractivity contribution in [3.05, 3.63) is 29.6 Å². The van der Waals surface area contributed by atoms with Crippen molar-refractivity contribution < 1.29 is 19.0 Å². The molecule has 0 aromatic heterocycles. The first-order valence-electron chi connectivity index (χ1n) is 5.23. The molecular formula is C12H16FNO3. The van der Waals surface area contributed by atoms with Crippen LogP contribution in [0.4, 0.5) is 9.18 Å². The maximum atomic E-state index is 13.0. The third-order valence-corrected chi connectivity index (χ3v) is 1.89. The molecule has 5 heteroatoms. The molecule has 1 amide bonds. The summed E-state index contributed by atoms with van der Waals surface area (Å²) < 4.78 is 18.0. The normalized spacial score (nSPS) is 11.1. The van der Waals surface area contributed by atoms with E-state index in [1.54, 1.807) is 20.8 Å². The van der Waals surface area contributed by atoms with Crippen LogP contribution in [-0.2, 0) is 11.3 Å². The van der Waals surface area contributed by atoms with Gasteiger partial charge in [-0.05, 0) is 26.8 Å². The molecule has 0 fully saturated rings. The molecule has 0 saturated heterocycles. The fourth-order valence-electron chi connectivity index (χ4n) is 1.18. The highest BCUT2D eigenvalue weighted by Crippen LogP contribution is 2.20. The van der Waals surface area contributed by atoms with Gasteiger partial charge in [0.2, 0.25) is 0 Å². The van der Waals surface area contributed by atoms with Crippen molar-refractivity contribution in [2.75, 3.05) is 0 Å². The van der Waals surface area contributed by atoms with E-state index in [0.717, 1.165) is 6.07 Å². The van der Waals surface area contributed by atoms with E-state index in [4.69, 9.17) is 4.74 Å². The summed E-state index contributed by atoms with van der Waals surface area (Å²) in [7, 11) is 0. The maximum Gasteiger partial charge on any atom is 0.407 e. The van der Waals surface area contributed by atoms with Gasteiger partial charge >= 0.3 is 6.09 Å². The van der Waals surface area contributed by atoms with Crippen LogP contribution in [0.3, 0.4) is 0 Å². The Bertz CT molecular complexity index is 413. The van der Waals surface area contributed by atoms with Gasteiger partial charge in [-0.25, -0.2) is 9.18 Å². The minimum absolute atomic E-state index is 0.0124. The number of carbonyl (C=O) groups is 1. The average molecular weight is 241 g/mol. The number of carbonyl (C=O) groups excluding carboxylic acids is 1. The van der Waals surface area contributed by atoms with Crippen LogP contribution in [0.15, 0.2) is 18.2 Å². The molecule has 1 aromatic carbocycles. The molecule has 94 valence electrons. The third kappa shape index (κ3) is 4.30. The van der Waals surface area contributed by atoms with Gasteiger partial charge in [-0.3, -0.25) is 0 Å². The Morgan fingerprint density at radius 3 is 2.71 bits per heavy atom. The van der Waals surface area contributed by atoms with Crippen LogP contribution in [-0.4, -0.2) is 16.8 Å². The monoisotopic (exact) mass is 241 g/mol. The summed E-state index contributed by atoms with van der Waals surface area (Å²) in [6.07, 6.45) is -0.610. The van der Waals surface area contributed by atoms with Crippen LogP contribution in [0.1, 0.15) is 26.3 Å². The van der Waals surface area contributed by atoms with Crippen LogP contribution in [0.2, 0.25) is 0 Å². The number of benzene rings is 1. The first-order valence-corrected chi connectivity index (χ1v) is 5.23. The number of alkyl carbamates (subject to hydrolysis) is 1. The summed E-state index contributed by atoms with van der Waals surface area (Å²) in [6, 6.07) is 4.13. The Labute approximate surface area is 99.4 Å². The van der Waals surface area contributed by atoms with Crippen molar-refractivity contribution in [3.8, 4) is 5.75 Å². The molecular weight excluding hydrogens is 225 g/mol. The lowest BCUT2D eigenvalue weighted by atomic mass is 10.2. The number of phenolic OH excluding ortho intramolecular Hbond substituents is 1. The van der Waals surface area contributed by atoms with Crippen molar-refractivity contribution in [1.82, 2.24) is 5.32 Å². The zero-order valence-corrected chi connectivity index (χ0v) is 10.1. The molecule has 0 unspecified atom stereocenters. The zero-order chi connectivity index (χ0) is 13.1. The maximum absolute atomic E-state index is 13.0. The molecule has 1 rings (SSSR count). The van der Waals surface area contributed by atoms with E-state index in [2.05, 4.69) is 5.32 Å². The highest BCUT2D eigenvalue weighted by Gasteiger charge is 2.16. The number of halogens is 1. The van der Waals surface area contributed by atoms with Crippen molar-refractivity contribution in [2.45, 2.75) is 32.9 Å². The van der Waals surface area contributed by atoms with Gasteiger partial charge in [0, 0.05) is 12.1 Å². The van der Waals surface area contributed by atoms with Gasteiger partial charge in [-0.1, -0.05) is 12.1 Å². The number of hydrogen-bond donors (Lipinski definition) is 2. The van der Waals surface area contributed by atoms with Crippen LogP contribution < -0.4 is 5.32 Å². The molecule has 0 atom stereocenters. The predicted molar refractivity (Wildman–Crippen MR) is 61.1 cm³/mol. The Morgan fingerprint density at radius 1 is 1.47 bits per heavy atom. The van der Waals surface area contributed by atoms with E-state index in [-0.39, 0.29) is 6.54 Å². The average Bonchev–Trinajstić information content (AvgIpc) is 2.18. The zero-order valence-electron chi connectivity index (χ0n) is 10.1. The van der Waals surface area contributed by atoms with Gasteiger partial charge in [0.25, 0.3) is 0 Å². The Balaban J connectivity index is 2.56. The van der Waals surface area contributed by atoms with Crippen LogP contribution in [0.5, 0.6) is 5.75 Å². The Morgan fingerprint density at radius 2 is 2.12 bits per heavy atom. The van der Waals surface area contributed by atoms with Gasteiger partial charge in [0.1, 0.15) is 5.60 Å². The SMILES string of the molecule is CC(C)(C)OC(=O)NCc1cccc(F)c1O. The van der Waals surface area contributed by atoms with Crippen molar-refractivity contribution in [1.29, 1.82) is 0 Å². The van der Waals surface area contributed by atoms with E-state index in [1.807, 2.05) is 0 Å². The highest BCUT2D eigenvalue weighted by molar-refractivity contribution is 5.67. The minimum Gasteiger partial charge on any atom is -0.505 e. The number of nitrogens with one attached hydrogen (secondary N) is 1. The molecule has 0 aliphatic rings. The molecule has 0 saturated carbocycles. The summed E-state index contributed by atoms with van der Waals surface area (Å²) in [4.78, 5) is 11.3. The topological polar surface area (TPSA) is 58.6 Å². The second kappa shape index (κ2) is 5.03. The Hall–Kier alpha value is -1.78. The number of rotatable bonds is 2. The number of amides is 1. The summed E-state index contributed by atoms with van der Waals surface area (Å²) in [5.41, 5.74) is -0.287. The molecule has 1 aromatic rings. The van der Waals surface area contributed by atoms with E-state index < -0.39 is 23.3 Å². The van der Waals surface area contributed by atoms with Gasteiger partial charge in [0.05, 0.1) is 0 Å². The molecule has 17 heavy (non-hydrogen) atoms. The lowest BCUT2D eigenvalue weighted by molar-refractivity contribution is 0.0523. The van der Waals surface area contributed by atoms with E-state index in [1.165, 1.54) is 12.1 Å². The van der Waals surface area contributed by atoms with Gasteiger partial charge in [-0.15, -0.1) is 0 Å². The van der Waals surface area contributed by atoms with Gasteiger partial charge in [0.15, 0.2) is 11.6 Å². The predicted octanol–water partition coefficient (Wildman–Crippen LogP) is 2.56. The molecule has 0 spiro atoms. The number of para-hydroxylation sites is 1. The Kier molecular flexibility index (Phi) is 3.93. The van der Waals surface area contributed by atoms with Crippen LogP contribution >= 0.6 is 0 Å². The summed E-state index contributed by atoms with van der Waals surface area (Å²) in [6.45, 7) is 5.24. The van der Waals surface area contributed by atoms with E-state index >= 15 is 0 Å². The number of hydrogen-bond acceptors (Lipinski definition) is 3. The molecule has 0 heterocycles. The third-order valence-electron chi connectivity index (χ3n) is 1.89. The molecule has 0 aliphatic heterocycles. The van der Waals surface area contributed by atoms with Crippen molar-refractivity contribution >= 4 is 6.09 Å². The van der Waals surface area contributed by atoms with Gasteiger partial charge in [-0.2, -0.15) is 0 Å². The fourth-order valence-corrected chi connectivity index (χ4v) is 1.18. The quantitative estimate of drug-likeness (QED) is 0.836. The fraction of sp³-hybridized carbons (Fsp3) is 0.417. The molecule has 4 nitrogen and oxygen atoms in total. The first kappa shape index (κ1) is 13.3. The second-order valence-corrected chi connectivity index (χ2v) is 4.60. The van der Waals surface area contributed by atoms with Crippen molar-refractivity contribution in [2.24, 2.45) is 0 Å². The molecule has 2 N–H and O–H groups in total. The lowest BCUT2D eigenvalue weighted by Gasteiger charge is -2.19. The standard InChI is InChI=1S/C12H16FNO3/c1-12(2,3)17-11(16)14-7-8-5-4-6-9(13)10(8)15/h4-6,15H,7H2,1-3H3,(H,14,16). The van der Waals surface area contributed by atoms with E-state index in [0.29, 0.717) is 5.56 Å². The van der Waals surface area contributed by atoms with Crippen molar-refractivity contribution in [3.63, 3.8) is 0 Å². The number of phenols is 1. The summed E-state index contributed by atoms with van der Waals surface area (Å²) in [5.74, 6) is -1.17. The van der Waals surface area contributed by atoms with Gasteiger partial charge < -0.3 is 15.2 Å². The first-order chi connectivity index (χ1) is 7.79. The summed E-state index contributed by atoms with van der Waals surface area (Å²) >= 11 is 0. The van der Waals surface area contributed by atoms with Crippen LogP contribution in [0.25, 0.3) is 0 Å². The number of aromatic hydroxyl groups is 1. The number of ether oxygens (including phenoxy) is 1. The van der Waals surface area contributed by atoms with E-state index in [9.17, 15) is 14.3 Å². The lowest BCUT2D eigenvalue weighted by Crippen LogP contribution is -2.32. The second-order valence-electron chi connectivity index (χ2n) is 4.60. The largest absolute Gasteiger partial charge is 0.505 e. The molecule has 0 aliphatic carbocycles. The highest BCUT2D eigenvalue weighted by atomic mass is 19.1. The van der Waals surface area contributed by atoms with Crippen LogP contribution in [0, 0.1) is 5.82 Å². The molecule has 0 bridgehead atoms. The summed E-state index contributed by atoms with van der Waals surface area (Å²) in [5, 5.41) is 11.8.